The van der Waals surface area contributed by atoms with Crippen LogP contribution >= 0.6 is 22.9 Å². The van der Waals surface area contributed by atoms with Crippen molar-refractivity contribution in [2.24, 2.45) is 5.92 Å². The van der Waals surface area contributed by atoms with Crippen molar-refractivity contribution < 1.29 is 0 Å². The first-order valence-electron chi connectivity index (χ1n) is 9.61. The third-order valence-electron chi connectivity index (χ3n) is 5.11. The highest BCUT2D eigenvalue weighted by molar-refractivity contribution is 7.15. The molecule has 0 amide bonds. The summed E-state index contributed by atoms with van der Waals surface area (Å²) in [4.78, 5) is 16.7. The van der Waals surface area contributed by atoms with Crippen molar-refractivity contribution in [1.82, 2.24) is 19.9 Å². The lowest BCUT2D eigenvalue weighted by atomic mass is 9.90. The van der Waals surface area contributed by atoms with E-state index in [4.69, 9.17) is 11.6 Å². The topological polar surface area (TPSA) is 53.9 Å². The number of hydrogen-bond donors (Lipinski definition) is 1. The van der Waals surface area contributed by atoms with Crippen LogP contribution in [-0.2, 0) is 13.0 Å². The van der Waals surface area contributed by atoms with Crippen LogP contribution in [0.3, 0.4) is 0 Å². The lowest BCUT2D eigenvalue weighted by Crippen LogP contribution is -2.33. The number of aromatic nitrogens is 3. The van der Waals surface area contributed by atoms with Crippen LogP contribution < -0.4 is 5.32 Å². The van der Waals surface area contributed by atoms with Crippen molar-refractivity contribution in [3.63, 3.8) is 0 Å². The van der Waals surface area contributed by atoms with Gasteiger partial charge in [0.2, 0.25) is 0 Å². The molecule has 0 spiro atoms. The van der Waals surface area contributed by atoms with Crippen LogP contribution in [0.15, 0.2) is 42.9 Å². The van der Waals surface area contributed by atoms with Gasteiger partial charge in [0.15, 0.2) is 5.13 Å². The molecule has 3 aromatic rings. The number of nitrogens with zero attached hydrogens (tertiary/aromatic N) is 4. The van der Waals surface area contributed by atoms with Crippen molar-refractivity contribution >= 4 is 33.9 Å². The molecule has 0 saturated carbocycles. The van der Waals surface area contributed by atoms with Crippen LogP contribution in [0.2, 0.25) is 5.15 Å². The van der Waals surface area contributed by atoms with E-state index in [0.717, 1.165) is 42.9 Å². The van der Waals surface area contributed by atoms with E-state index in [1.165, 1.54) is 28.8 Å². The highest BCUT2D eigenvalue weighted by Gasteiger charge is 2.20. The molecule has 1 aliphatic heterocycles. The third-order valence-corrected chi connectivity index (χ3v) is 6.16. The second-order valence-corrected chi connectivity index (χ2v) is 8.99. The van der Waals surface area contributed by atoms with Gasteiger partial charge in [-0.3, -0.25) is 4.90 Å². The number of piperidine rings is 1. The van der Waals surface area contributed by atoms with Crippen LogP contribution in [0.1, 0.15) is 28.8 Å². The van der Waals surface area contributed by atoms with E-state index in [-0.39, 0.29) is 0 Å². The number of anilines is 2. The smallest absolute Gasteiger partial charge is 0.188 e. The molecule has 4 heterocycles. The van der Waals surface area contributed by atoms with Crippen molar-refractivity contribution in [2.75, 3.05) is 18.4 Å². The van der Waals surface area contributed by atoms with Gasteiger partial charge in [0, 0.05) is 30.0 Å². The van der Waals surface area contributed by atoms with E-state index < -0.39 is 0 Å². The Morgan fingerprint density at radius 1 is 1.11 bits per heavy atom. The molecule has 1 aliphatic rings. The molecule has 1 N–H and O–H groups in total. The van der Waals surface area contributed by atoms with Crippen LogP contribution in [0.5, 0.6) is 0 Å². The molecule has 7 heteroatoms. The Morgan fingerprint density at radius 2 is 1.96 bits per heavy atom. The molecule has 1 fully saturated rings. The Hall–Kier alpha value is -2.02. The molecule has 28 heavy (non-hydrogen) atoms. The zero-order chi connectivity index (χ0) is 19.3. The van der Waals surface area contributed by atoms with E-state index >= 15 is 0 Å². The van der Waals surface area contributed by atoms with Gasteiger partial charge in [-0.25, -0.2) is 15.0 Å². The number of thiazole rings is 1. The summed E-state index contributed by atoms with van der Waals surface area (Å²) in [5, 5.41) is 4.76. The molecule has 0 aromatic carbocycles. The Labute approximate surface area is 174 Å². The van der Waals surface area contributed by atoms with Crippen molar-refractivity contribution in [3.05, 3.63) is 64.0 Å². The first-order valence-corrected chi connectivity index (χ1v) is 10.8. The monoisotopic (exact) mass is 413 g/mol. The summed E-state index contributed by atoms with van der Waals surface area (Å²) in [5.41, 5.74) is 2.57. The van der Waals surface area contributed by atoms with Crippen LogP contribution in [0.4, 0.5) is 10.9 Å². The van der Waals surface area contributed by atoms with Gasteiger partial charge in [-0.2, -0.15) is 0 Å². The summed E-state index contributed by atoms with van der Waals surface area (Å²) in [7, 11) is 0. The van der Waals surface area contributed by atoms with Gasteiger partial charge < -0.3 is 5.32 Å². The molecule has 0 radical (unpaired) electrons. The Bertz CT molecular complexity index is 903. The molecule has 0 unspecified atom stereocenters. The maximum absolute atomic E-state index is 5.87. The minimum Gasteiger partial charge on any atom is -0.316 e. The fourth-order valence-corrected chi connectivity index (χ4v) is 4.42. The van der Waals surface area contributed by atoms with Crippen LogP contribution in [-0.4, -0.2) is 32.9 Å². The summed E-state index contributed by atoms with van der Waals surface area (Å²) in [5.74, 6) is 1.59. The first kappa shape index (κ1) is 19.3. The summed E-state index contributed by atoms with van der Waals surface area (Å²) in [6.07, 6.45) is 9.19. The van der Waals surface area contributed by atoms with E-state index in [2.05, 4.69) is 50.3 Å². The number of hydrogen-bond acceptors (Lipinski definition) is 6. The number of likely N-dealkylation sites (tertiary alicyclic amines) is 1. The molecule has 3 aromatic heterocycles. The quantitative estimate of drug-likeness (QED) is 0.570. The average molecular weight is 414 g/mol. The first-order chi connectivity index (χ1) is 13.6. The Balaban J connectivity index is 1.28. The summed E-state index contributed by atoms with van der Waals surface area (Å²) in [6, 6.07) is 8.22. The molecule has 4 rings (SSSR count). The van der Waals surface area contributed by atoms with Crippen LogP contribution in [0.25, 0.3) is 0 Å². The van der Waals surface area contributed by atoms with Gasteiger partial charge in [0.1, 0.15) is 11.0 Å². The SMILES string of the molecule is Cc1cnc(Nc2cc(CC3CCN(Cc4ccc(Cl)nc4)CC3)ccn2)s1. The number of aryl methyl sites for hydroxylation is 1. The molecular formula is C21H24ClN5S. The van der Waals surface area contributed by atoms with E-state index in [1.54, 1.807) is 11.3 Å². The maximum Gasteiger partial charge on any atom is 0.188 e. The number of rotatable bonds is 6. The highest BCUT2D eigenvalue weighted by atomic mass is 35.5. The molecule has 0 aliphatic carbocycles. The lowest BCUT2D eigenvalue weighted by Gasteiger charge is -2.32. The second-order valence-electron chi connectivity index (χ2n) is 7.36. The third kappa shape index (κ3) is 5.28. The van der Waals surface area contributed by atoms with Gasteiger partial charge in [-0.1, -0.05) is 17.7 Å². The van der Waals surface area contributed by atoms with E-state index in [9.17, 15) is 0 Å². The average Bonchev–Trinajstić information content (AvgIpc) is 3.10. The largest absolute Gasteiger partial charge is 0.316 e. The molecule has 1 saturated heterocycles. The van der Waals surface area contributed by atoms with Crippen molar-refractivity contribution in [3.8, 4) is 0 Å². The van der Waals surface area contributed by atoms with E-state index in [1.807, 2.05) is 24.7 Å². The molecule has 0 atom stereocenters. The molecular weight excluding hydrogens is 390 g/mol. The molecule has 5 nitrogen and oxygen atoms in total. The van der Waals surface area contributed by atoms with Gasteiger partial charge in [0.25, 0.3) is 0 Å². The predicted octanol–water partition coefficient (Wildman–Crippen LogP) is 5.09. The lowest BCUT2D eigenvalue weighted by molar-refractivity contribution is 0.177. The Morgan fingerprint density at radius 3 is 2.68 bits per heavy atom. The molecule has 146 valence electrons. The summed E-state index contributed by atoms with van der Waals surface area (Å²) >= 11 is 7.52. The van der Waals surface area contributed by atoms with Crippen LogP contribution in [0, 0.1) is 12.8 Å². The Kier molecular flexibility index (Phi) is 6.20. The highest BCUT2D eigenvalue weighted by Crippen LogP contribution is 2.25. The predicted molar refractivity (Wildman–Crippen MR) is 115 cm³/mol. The number of halogens is 1. The van der Waals surface area contributed by atoms with Gasteiger partial charge in [0.05, 0.1) is 0 Å². The van der Waals surface area contributed by atoms with Gasteiger partial charge in [-0.05, 0) is 74.5 Å². The standard InChI is InChI=1S/C21H24ClN5S/c1-15-12-25-21(28-15)26-20-11-17(4-7-23-20)10-16-5-8-27(9-6-16)14-18-2-3-19(22)24-13-18/h2-4,7,11-13,16H,5-6,8-10,14H2,1H3,(H,23,25,26). The van der Waals surface area contributed by atoms with Crippen molar-refractivity contribution in [2.45, 2.75) is 32.7 Å². The normalized spacial score (nSPS) is 15.6. The summed E-state index contributed by atoms with van der Waals surface area (Å²) in [6.45, 7) is 5.26. The minimum absolute atomic E-state index is 0.554. The van der Waals surface area contributed by atoms with Gasteiger partial charge in [-0.15, -0.1) is 11.3 Å². The maximum atomic E-state index is 5.87. The second kappa shape index (κ2) is 8.99. The fraction of sp³-hybridized carbons (Fsp3) is 0.381. The fourth-order valence-electron chi connectivity index (χ4n) is 3.63. The number of pyridine rings is 2. The summed E-state index contributed by atoms with van der Waals surface area (Å²) < 4.78 is 0. The number of nitrogens with one attached hydrogen (secondary N) is 1. The van der Waals surface area contributed by atoms with E-state index in [0.29, 0.717) is 5.15 Å². The van der Waals surface area contributed by atoms with Gasteiger partial charge >= 0.3 is 0 Å². The molecule has 0 bridgehead atoms. The van der Waals surface area contributed by atoms with Crippen molar-refractivity contribution in [1.29, 1.82) is 0 Å². The zero-order valence-electron chi connectivity index (χ0n) is 15.9. The minimum atomic E-state index is 0.554. The zero-order valence-corrected chi connectivity index (χ0v) is 17.5.